The van der Waals surface area contributed by atoms with Gasteiger partial charge in [0.1, 0.15) is 5.75 Å². The van der Waals surface area contributed by atoms with Crippen molar-refractivity contribution in [1.82, 2.24) is 15.5 Å². The number of aryl methyl sites for hydroxylation is 1. The minimum absolute atomic E-state index is 0.0464. The van der Waals surface area contributed by atoms with Crippen molar-refractivity contribution in [2.45, 2.75) is 50.5 Å². The molecule has 0 aromatic heterocycles. The maximum atomic E-state index is 12.6. The summed E-state index contributed by atoms with van der Waals surface area (Å²) in [6.45, 7) is 2.15. The fraction of sp³-hybridized carbons (Fsp3) is 0.619. The van der Waals surface area contributed by atoms with Gasteiger partial charge in [-0.25, -0.2) is 0 Å². The highest BCUT2D eigenvalue weighted by Crippen LogP contribution is 2.35. The van der Waals surface area contributed by atoms with E-state index in [0.29, 0.717) is 18.9 Å². The summed E-state index contributed by atoms with van der Waals surface area (Å²) < 4.78 is 5.33. The molecule has 1 fully saturated rings. The number of amides is 2. The van der Waals surface area contributed by atoms with E-state index >= 15 is 0 Å². The number of ether oxygens (including phenoxy) is 1. The Morgan fingerprint density at radius 3 is 2.67 bits per heavy atom. The third-order valence-electron chi connectivity index (χ3n) is 5.82. The SMILES string of the molecule is CNC(=O)CN1CCC(NC(=O)CC2CCCc3cc(OC)ccc32)CC1. The predicted octanol–water partition coefficient (Wildman–Crippen LogP) is 1.83. The van der Waals surface area contributed by atoms with Crippen molar-refractivity contribution >= 4 is 11.8 Å². The summed E-state index contributed by atoms with van der Waals surface area (Å²) in [5.74, 6) is 1.38. The van der Waals surface area contributed by atoms with Gasteiger partial charge in [-0.05, 0) is 61.3 Å². The van der Waals surface area contributed by atoms with Crippen LogP contribution in [-0.2, 0) is 16.0 Å². The highest BCUT2D eigenvalue weighted by atomic mass is 16.5. The molecule has 1 heterocycles. The molecule has 0 radical (unpaired) electrons. The summed E-state index contributed by atoms with van der Waals surface area (Å²) in [6, 6.07) is 6.46. The zero-order chi connectivity index (χ0) is 19.2. The van der Waals surface area contributed by atoms with Crippen molar-refractivity contribution in [1.29, 1.82) is 0 Å². The van der Waals surface area contributed by atoms with E-state index in [9.17, 15) is 9.59 Å². The number of methoxy groups -OCH3 is 1. The Labute approximate surface area is 161 Å². The van der Waals surface area contributed by atoms with Crippen LogP contribution in [0, 0.1) is 0 Å². The minimum atomic E-state index is 0.0464. The number of likely N-dealkylation sites (N-methyl/N-ethyl adjacent to an activating group) is 1. The number of rotatable bonds is 6. The molecule has 1 aromatic carbocycles. The maximum absolute atomic E-state index is 12.6. The van der Waals surface area contributed by atoms with Gasteiger partial charge >= 0.3 is 0 Å². The van der Waals surface area contributed by atoms with Crippen molar-refractivity contribution in [2.24, 2.45) is 0 Å². The van der Waals surface area contributed by atoms with Crippen LogP contribution in [0.5, 0.6) is 5.75 Å². The van der Waals surface area contributed by atoms with E-state index in [4.69, 9.17) is 4.74 Å². The molecule has 1 unspecified atom stereocenters. The highest BCUT2D eigenvalue weighted by molar-refractivity contribution is 5.78. The van der Waals surface area contributed by atoms with Crippen LogP contribution in [0.4, 0.5) is 0 Å². The van der Waals surface area contributed by atoms with Gasteiger partial charge in [-0.2, -0.15) is 0 Å². The summed E-state index contributed by atoms with van der Waals surface area (Å²) in [5.41, 5.74) is 2.62. The Hall–Kier alpha value is -2.08. The van der Waals surface area contributed by atoms with Crippen molar-refractivity contribution < 1.29 is 14.3 Å². The highest BCUT2D eigenvalue weighted by Gasteiger charge is 2.26. The number of carbonyl (C=O) groups is 2. The minimum Gasteiger partial charge on any atom is -0.497 e. The summed E-state index contributed by atoms with van der Waals surface area (Å²) in [6.07, 6.45) is 5.61. The largest absolute Gasteiger partial charge is 0.497 e. The maximum Gasteiger partial charge on any atom is 0.233 e. The van der Waals surface area contributed by atoms with Crippen LogP contribution in [0.1, 0.15) is 49.1 Å². The topological polar surface area (TPSA) is 70.7 Å². The van der Waals surface area contributed by atoms with E-state index in [1.165, 1.54) is 11.1 Å². The number of benzene rings is 1. The molecule has 6 nitrogen and oxygen atoms in total. The molecule has 6 heteroatoms. The van der Waals surface area contributed by atoms with Crippen LogP contribution in [0.2, 0.25) is 0 Å². The van der Waals surface area contributed by atoms with E-state index in [1.54, 1.807) is 14.2 Å². The lowest BCUT2D eigenvalue weighted by molar-refractivity contribution is -0.124. The van der Waals surface area contributed by atoms with Crippen LogP contribution < -0.4 is 15.4 Å². The second-order valence-corrected chi connectivity index (χ2v) is 7.65. The van der Waals surface area contributed by atoms with Gasteiger partial charge in [-0.15, -0.1) is 0 Å². The Morgan fingerprint density at radius 1 is 1.19 bits per heavy atom. The molecule has 27 heavy (non-hydrogen) atoms. The predicted molar refractivity (Wildman–Crippen MR) is 105 cm³/mol. The van der Waals surface area contributed by atoms with Crippen molar-refractivity contribution in [3.05, 3.63) is 29.3 Å². The third-order valence-corrected chi connectivity index (χ3v) is 5.82. The van der Waals surface area contributed by atoms with Gasteiger partial charge in [0.05, 0.1) is 13.7 Å². The lowest BCUT2D eigenvalue weighted by Gasteiger charge is -2.32. The lowest BCUT2D eigenvalue weighted by atomic mass is 9.81. The number of hydrogen-bond donors (Lipinski definition) is 2. The standard InChI is InChI=1S/C21H31N3O3/c1-22-21(26)14-24-10-8-17(9-11-24)23-20(25)13-16-5-3-4-15-12-18(27-2)6-7-19(15)16/h6-7,12,16-17H,3-5,8-11,13-14H2,1-2H3,(H,22,26)(H,23,25). The van der Waals surface area contributed by atoms with Crippen LogP contribution in [0.15, 0.2) is 18.2 Å². The number of fused-ring (bicyclic) bond motifs is 1. The molecule has 2 amide bonds. The fourth-order valence-corrected chi connectivity index (χ4v) is 4.26. The molecule has 148 valence electrons. The van der Waals surface area contributed by atoms with Gasteiger partial charge in [-0.1, -0.05) is 6.07 Å². The normalized spacial score (nSPS) is 20.6. The van der Waals surface area contributed by atoms with Crippen molar-refractivity contribution in [3.8, 4) is 5.75 Å². The molecule has 3 rings (SSSR count). The molecule has 2 aliphatic rings. The number of likely N-dealkylation sites (tertiary alicyclic amines) is 1. The molecule has 1 aliphatic carbocycles. The Kier molecular flexibility index (Phi) is 6.72. The van der Waals surface area contributed by atoms with E-state index in [2.05, 4.69) is 27.7 Å². The zero-order valence-corrected chi connectivity index (χ0v) is 16.4. The average Bonchev–Trinajstić information content (AvgIpc) is 2.69. The van der Waals surface area contributed by atoms with Gasteiger partial charge in [0, 0.05) is 32.6 Å². The number of hydrogen-bond acceptors (Lipinski definition) is 4. The second-order valence-electron chi connectivity index (χ2n) is 7.65. The second kappa shape index (κ2) is 9.22. The van der Waals surface area contributed by atoms with E-state index < -0.39 is 0 Å². The Morgan fingerprint density at radius 2 is 1.96 bits per heavy atom. The average molecular weight is 373 g/mol. The van der Waals surface area contributed by atoms with Gasteiger partial charge in [0.15, 0.2) is 0 Å². The van der Waals surface area contributed by atoms with Crippen LogP contribution in [0.25, 0.3) is 0 Å². The molecular formula is C21H31N3O3. The first-order valence-electron chi connectivity index (χ1n) is 9.98. The number of piperidine rings is 1. The van der Waals surface area contributed by atoms with Gasteiger partial charge in [0.2, 0.25) is 11.8 Å². The zero-order valence-electron chi connectivity index (χ0n) is 16.4. The molecular weight excluding hydrogens is 342 g/mol. The van der Waals surface area contributed by atoms with E-state index in [0.717, 1.165) is 50.9 Å². The molecule has 1 aliphatic heterocycles. The quantitative estimate of drug-likeness (QED) is 0.798. The number of nitrogens with one attached hydrogen (secondary N) is 2. The summed E-state index contributed by atoms with van der Waals surface area (Å²) in [4.78, 5) is 26.2. The molecule has 2 N–H and O–H groups in total. The van der Waals surface area contributed by atoms with Crippen LogP contribution >= 0.6 is 0 Å². The van der Waals surface area contributed by atoms with E-state index in [1.807, 2.05) is 6.07 Å². The van der Waals surface area contributed by atoms with Crippen molar-refractivity contribution in [2.75, 3.05) is 33.8 Å². The first-order valence-corrected chi connectivity index (χ1v) is 9.98. The molecule has 1 atom stereocenters. The molecule has 1 aromatic rings. The first-order chi connectivity index (χ1) is 13.1. The summed E-state index contributed by atoms with van der Waals surface area (Å²) >= 11 is 0. The number of carbonyl (C=O) groups excluding carboxylic acids is 2. The molecule has 0 saturated carbocycles. The molecule has 0 bridgehead atoms. The number of nitrogens with zero attached hydrogens (tertiary/aromatic N) is 1. The summed E-state index contributed by atoms with van der Waals surface area (Å²) in [5, 5.41) is 5.87. The molecule has 0 spiro atoms. The molecule has 1 saturated heterocycles. The van der Waals surface area contributed by atoms with Gasteiger partial charge in [0.25, 0.3) is 0 Å². The Bertz CT molecular complexity index is 669. The van der Waals surface area contributed by atoms with E-state index in [-0.39, 0.29) is 17.9 Å². The first kappa shape index (κ1) is 19.7. The smallest absolute Gasteiger partial charge is 0.233 e. The fourth-order valence-electron chi connectivity index (χ4n) is 4.26. The third kappa shape index (κ3) is 5.22. The van der Waals surface area contributed by atoms with Crippen LogP contribution in [0.3, 0.4) is 0 Å². The van der Waals surface area contributed by atoms with Gasteiger partial charge < -0.3 is 15.4 Å². The van der Waals surface area contributed by atoms with Crippen molar-refractivity contribution in [3.63, 3.8) is 0 Å². The lowest BCUT2D eigenvalue weighted by Crippen LogP contribution is -2.47. The van der Waals surface area contributed by atoms with Gasteiger partial charge in [-0.3, -0.25) is 14.5 Å². The monoisotopic (exact) mass is 373 g/mol. The Balaban J connectivity index is 1.49. The summed E-state index contributed by atoms with van der Waals surface area (Å²) in [7, 11) is 3.35. The van der Waals surface area contributed by atoms with Crippen LogP contribution in [-0.4, -0.2) is 56.5 Å².